The molecule has 0 aliphatic heterocycles. The van der Waals surface area contributed by atoms with Crippen LogP contribution in [0.2, 0.25) is 0 Å². The Labute approximate surface area is 139 Å². The molecule has 2 aromatic carbocycles. The summed E-state index contributed by atoms with van der Waals surface area (Å²) in [6.07, 6.45) is 1.71. The molecule has 0 amide bonds. The van der Waals surface area contributed by atoms with Crippen molar-refractivity contribution in [3.8, 4) is 17.1 Å². The van der Waals surface area contributed by atoms with Crippen LogP contribution in [0.1, 0.15) is 11.1 Å². The van der Waals surface area contributed by atoms with Crippen LogP contribution in [0.4, 0.5) is 0 Å². The first-order chi connectivity index (χ1) is 11.2. The second-order valence-electron chi connectivity index (χ2n) is 4.97. The lowest BCUT2D eigenvalue weighted by atomic mass is 10.1. The zero-order valence-corrected chi connectivity index (χ0v) is 13.7. The number of nitrogens with one attached hydrogen (secondary N) is 1. The minimum atomic E-state index is 0.439. The molecule has 1 aromatic heterocycles. The Kier molecular flexibility index (Phi) is 4.34. The lowest BCUT2D eigenvalue weighted by Gasteiger charge is -2.05. The molecule has 6 heteroatoms. The zero-order chi connectivity index (χ0) is 16.2. The van der Waals surface area contributed by atoms with Crippen LogP contribution in [0.25, 0.3) is 11.4 Å². The van der Waals surface area contributed by atoms with Crippen LogP contribution in [0, 0.1) is 11.7 Å². The van der Waals surface area contributed by atoms with Gasteiger partial charge in [0.2, 0.25) is 4.77 Å². The molecule has 0 aliphatic carbocycles. The summed E-state index contributed by atoms with van der Waals surface area (Å²) in [7, 11) is 1.63. The molecule has 0 unspecified atom stereocenters. The van der Waals surface area contributed by atoms with Crippen molar-refractivity contribution in [3.63, 3.8) is 0 Å². The van der Waals surface area contributed by atoms with Gasteiger partial charge in [-0.1, -0.05) is 36.4 Å². The van der Waals surface area contributed by atoms with Crippen LogP contribution < -0.4 is 4.74 Å². The van der Waals surface area contributed by atoms with Crippen molar-refractivity contribution in [2.45, 2.75) is 6.92 Å². The summed E-state index contributed by atoms with van der Waals surface area (Å²) in [5.41, 5.74) is 2.96. The molecule has 116 valence electrons. The molecular formula is C17H16N4OS. The van der Waals surface area contributed by atoms with Crippen LogP contribution >= 0.6 is 12.2 Å². The zero-order valence-electron chi connectivity index (χ0n) is 12.9. The maximum Gasteiger partial charge on any atom is 0.216 e. The Balaban J connectivity index is 2.05. The standard InChI is InChI=1S/C17H16N4OS/c1-12-7-3-5-9-14(12)16-19-20-17(23)21(16)18-11-13-8-4-6-10-15(13)22-2/h3-11H,1-2H3,(H,20,23)/b18-11-. The van der Waals surface area contributed by atoms with E-state index in [4.69, 9.17) is 17.0 Å². The molecule has 0 saturated heterocycles. The fourth-order valence-electron chi connectivity index (χ4n) is 2.29. The second-order valence-corrected chi connectivity index (χ2v) is 5.35. The van der Waals surface area contributed by atoms with Gasteiger partial charge in [-0.3, -0.25) is 0 Å². The van der Waals surface area contributed by atoms with Crippen molar-refractivity contribution in [2.75, 3.05) is 7.11 Å². The highest BCUT2D eigenvalue weighted by atomic mass is 32.1. The van der Waals surface area contributed by atoms with E-state index in [1.807, 2.05) is 55.5 Å². The highest BCUT2D eigenvalue weighted by Gasteiger charge is 2.10. The highest BCUT2D eigenvalue weighted by molar-refractivity contribution is 7.71. The molecule has 0 atom stereocenters. The first-order valence-electron chi connectivity index (χ1n) is 7.11. The quantitative estimate of drug-likeness (QED) is 0.586. The van der Waals surface area contributed by atoms with Gasteiger partial charge in [0.05, 0.1) is 13.3 Å². The number of H-pyrrole nitrogens is 1. The molecular weight excluding hydrogens is 308 g/mol. The van der Waals surface area contributed by atoms with Gasteiger partial charge in [-0.05, 0) is 36.8 Å². The van der Waals surface area contributed by atoms with Crippen molar-refractivity contribution in [1.29, 1.82) is 0 Å². The van der Waals surface area contributed by atoms with E-state index in [1.54, 1.807) is 18.0 Å². The molecule has 0 saturated carbocycles. The molecule has 0 fully saturated rings. The summed E-state index contributed by atoms with van der Waals surface area (Å²) in [5, 5.41) is 11.6. The van der Waals surface area contributed by atoms with Crippen LogP contribution in [0.5, 0.6) is 5.75 Å². The fourth-order valence-corrected chi connectivity index (χ4v) is 2.47. The number of ether oxygens (including phenoxy) is 1. The van der Waals surface area contributed by atoms with Gasteiger partial charge in [0.25, 0.3) is 0 Å². The van der Waals surface area contributed by atoms with Gasteiger partial charge in [-0.25, -0.2) is 5.10 Å². The summed E-state index contributed by atoms with van der Waals surface area (Å²) >= 11 is 5.29. The number of rotatable bonds is 4. The molecule has 3 aromatic rings. The maximum atomic E-state index is 5.33. The van der Waals surface area contributed by atoms with Crippen LogP contribution in [0.15, 0.2) is 53.6 Å². The van der Waals surface area contributed by atoms with Gasteiger partial charge in [0.15, 0.2) is 5.82 Å². The predicted molar refractivity (Wildman–Crippen MR) is 93.6 cm³/mol. The third-order valence-corrected chi connectivity index (χ3v) is 3.75. The molecule has 1 N–H and O–H groups in total. The molecule has 0 aliphatic rings. The summed E-state index contributed by atoms with van der Waals surface area (Å²) in [6.45, 7) is 2.03. The Morgan fingerprint density at radius 2 is 1.91 bits per heavy atom. The number of aryl methyl sites for hydroxylation is 1. The fraction of sp³-hybridized carbons (Fsp3) is 0.118. The number of benzene rings is 2. The van der Waals surface area contributed by atoms with E-state index in [9.17, 15) is 0 Å². The third kappa shape index (κ3) is 3.07. The Bertz CT molecular complexity index is 911. The van der Waals surface area contributed by atoms with Gasteiger partial charge in [0, 0.05) is 11.1 Å². The second kappa shape index (κ2) is 6.58. The molecule has 0 spiro atoms. The van der Waals surface area contributed by atoms with Crippen molar-refractivity contribution in [2.24, 2.45) is 5.10 Å². The summed E-state index contributed by atoms with van der Waals surface area (Å²) < 4.78 is 7.38. The number of methoxy groups -OCH3 is 1. The van der Waals surface area contributed by atoms with E-state index >= 15 is 0 Å². The SMILES string of the molecule is COc1ccccc1/C=N\n1c(-c2ccccc2C)n[nH]c1=S. The number of aromatic amines is 1. The largest absolute Gasteiger partial charge is 0.496 e. The minimum Gasteiger partial charge on any atom is -0.496 e. The van der Waals surface area contributed by atoms with Crippen LogP contribution in [0.3, 0.4) is 0 Å². The molecule has 3 rings (SSSR count). The Morgan fingerprint density at radius 3 is 2.70 bits per heavy atom. The van der Waals surface area contributed by atoms with E-state index < -0.39 is 0 Å². The Hall–Kier alpha value is -2.73. The normalized spacial score (nSPS) is 11.0. The lowest BCUT2D eigenvalue weighted by molar-refractivity contribution is 0.414. The first kappa shape index (κ1) is 15.2. The highest BCUT2D eigenvalue weighted by Crippen LogP contribution is 2.21. The van der Waals surface area contributed by atoms with Crippen molar-refractivity contribution >= 4 is 18.4 Å². The topological polar surface area (TPSA) is 55.2 Å². The van der Waals surface area contributed by atoms with E-state index in [2.05, 4.69) is 15.3 Å². The Morgan fingerprint density at radius 1 is 1.17 bits per heavy atom. The van der Waals surface area contributed by atoms with E-state index in [0.717, 1.165) is 22.4 Å². The summed E-state index contributed by atoms with van der Waals surface area (Å²) in [5.74, 6) is 1.43. The maximum absolute atomic E-state index is 5.33. The van der Waals surface area contributed by atoms with E-state index in [1.165, 1.54) is 0 Å². The van der Waals surface area contributed by atoms with Gasteiger partial charge < -0.3 is 4.74 Å². The van der Waals surface area contributed by atoms with Gasteiger partial charge >= 0.3 is 0 Å². The van der Waals surface area contributed by atoms with E-state index in [-0.39, 0.29) is 0 Å². The lowest BCUT2D eigenvalue weighted by Crippen LogP contribution is -1.97. The average Bonchev–Trinajstić information content (AvgIpc) is 2.94. The van der Waals surface area contributed by atoms with Crippen molar-refractivity contribution < 1.29 is 4.74 Å². The van der Waals surface area contributed by atoms with Crippen LogP contribution in [-0.4, -0.2) is 28.2 Å². The summed E-state index contributed by atoms with van der Waals surface area (Å²) in [6, 6.07) is 15.6. The van der Waals surface area contributed by atoms with Crippen molar-refractivity contribution in [3.05, 3.63) is 64.4 Å². The molecule has 0 radical (unpaired) electrons. The molecule has 1 heterocycles. The van der Waals surface area contributed by atoms with Gasteiger partial charge in [-0.15, -0.1) is 0 Å². The predicted octanol–water partition coefficient (Wildman–Crippen LogP) is 3.81. The number of hydrogen-bond acceptors (Lipinski definition) is 4. The first-order valence-corrected chi connectivity index (χ1v) is 7.52. The number of hydrogen-bond donors (Lipinski definition) is 1. The summed E-state index contributed by atoms with van der Waals surface area (Å²) in [4.78, 5) is 0. The monoisotopic (exact) mass is 324 g/mol. The average molecular weight is 324 g/mol. The molecule has 5 nitrogen and oxygen atoms in total. The number of aromatic nitrogens is 3. The van der Waals surface area contributed by atoms with Crippen LogP contribution in [-0.2, 0) is 0 Å². The van der Waals surface area contributed by atoms with Crippen molar-refractivity contribution in [1.82, 2.24) is 14.9 Å². The molecule has 23 heavy (non-hydrogen) atoms. The minimum absolute atomic E-state index is 0.439. The number of para-hydroxylation sites is 1. The third-order valence-electron chi connectivity index (χ3n) is 3.49. The van der Waals surface area contributed by atoms with Gasteiger partial charge in [0.1, 0.15) is 5.75 Å². The van der Waals surface area contributed by atoms with Gasteiger partial charge in [-0.2, -0.15) is 14.9 Å². The number of nitrogens with zero attached hydrogens (tertiary/aromatic N) is 3. The smallest absolute Gasteiger partial charge is 0.216 e. The molecule has 0 bridgehead atoms. The van der Waals surface area contributed by atoms with E-state index in [0.29, 0.717) is 10.6 Å².